The highest BCUT2D eigenvalue weighted by Gasteiger charge is 2.33. The van der Waals surface area contributed by atoms with Gasteiger partial charge in [-0.3, -0.25) is 14.4 Å². The van der Waals surface area contributed by atoms with E-state index in [2.05, 4.69) is 33.1 Å². The maximum absolute atomic E-state index is 13.8. The molecule has 218 valence electrons. The number of benzene rings is 2. The Bertz CT molecular complexity index is 1150. The monoisotopic (exact) mass is 615 g/mol. The fourth-order valence-corrected chi connectivity index (χ4v) is 4.91. The number of methoxy groups -OCH3 is 2. The number of hydrogen-bond acceptors (Lipinski definition) is 5. The van der Waals surface area contributed by atoms with E-state index in [1.807, 2.05) is 58.0 Å². The van der Waals surface area contributed by atoms with Crippen molar-refractivity contribution in [3.05, 3.63) is 76.8 Å². The molecule has 2 N–H and O–H groups in total. The Morgan fingerprint density at radius 3 is 2.25 bits per heavy atom. The van der Waals surface area contributed by atoms with Gasteiger partial charge >= 0.3 is 0 Å². The molecular formula is C31H42BrN3O5. The molecule has 0 saturated heterocycles. The second-order valence-electron chi connectivity index (χ2n) is 10.5. The number of rotatable bonds is 15. The van der Waals surface area contributed by atoms with Gasteiger partial charge in [0.1, 0.15) is 18.2 Å². The van der Waals surface area contributed by atoms with Gasteiger partial charge in [-0.15, -0.1) is 0 Å². The fourth-order valence-electron chi connectivity index (χ4n) is 4.51. The largest absolute Gasteiger partial charge is 0.377 e. The molecule has 8 nitrogen and oxygen atoms in total. The molecule has 2 rings (SSSR count). The lowest BCUT2D eigenvalue weighted by molar-refractivity contribution is -0.140. The molecule has 0 spiro atoms. The van der Waals surface area contributed by atoms with E-state index in [0.29, 0.717) is 24.2 Å². The number of halogens is 1. The van der Waals surface area contributed by atoms with Crippen LogP contribution in [0.3, 0.4) is 0 Å². The molecule has 40 heavy (non-hydrogen) atoms. The zero-order valence-electron chi connectivity index (χ0n) is 24.3. The Morgan fingerprint density at radius 2 is 1.68 bits per heavy atom. The summed E-state index contributed by atoms with van der Waals surface area (Å²) in [6.07, 6.45) is 0.498. The third-order valence-corrected chi connectivity index (χ3v) is 6.79. The van der Waals surface area contributed by atoms with Crippen LogP contribution in [0.25, 0.3) is 0 Å². The molecule has 0 radical (unpaired) electrons. The molecule has 9 heteroatoms. The van der Waals surface area contributed by atoms with E-state index < -0.39 is 24.2 Å². The maximum atomic E-state index is 13.8. The second kappa shape index (κ2) is 16.3. The van der Waals surface area contributed by atoms with Crippen LogP contribution in [0.2, 0.25) is 0 Å². The standard InChI is InChI=1S/C31H42BrN3O5/c1-8-28(36)33-26(16-20(2)3)31(38)35(18-21(4)5)19-27(39-6)29(40-7)24-14-9-10-15-25(24)34-30(37)22-12-11-13-23(32)17-22/h8-15,17,20-21,26-27,29H,1,16,18-19H2,2-7H3,(H,33,36)(H,34,37)/t26-,27+,29+/m0/s1. The Labute approximate surface area is 246 Å². The summed E-state index contributed by atoms with van der Waals surface area (Å²) in [5.41, 5.74) is 1.81. The highest BCUT2D eigenvalue weighted by atomic mass is 79.9. The summed E-state index contributed by atoms with van der Waals surface area (Å²) in [6.45, 7) is 12.3. The van der Waals surface area contributed by atoms with E-state index in [0.717, 1.165) is 10.0 Å². The van der Waals surface area contributed by atoms with Gasteiger partial charge < -0.3 is 25.0 Å². The fraction of sp³-hybridized carbons (Fsp3) is 0.452. The molecule has 0 aliphatic rings. The van der Waals surface area contributed by atoms with Crippen molar-refractivity contribution in [1.82, 2.24) is 10.2 Å². The van der Waals surface area contributed by atoms with Crippen LogP contribution in [-0.4, -0.2) is 62.1 Å². The van der Waals surface area contributed by atoms with Crippen molar-refractivity contribution < 1.29 is 23.9 Å². The minimum absolute atomic E-state index is 0.175. The molecule has 2 aromatic carbocycles. The first-order valence-corrected chi connectivity index (χ1v) is 14.2. The van der Waals surface area contributed by atoms with E-state index in [9.17, 15) is 14.4 Å². The number of carbonyl (C=O) groups excluding carboxylic acids is 3. The van der Waals surface area contributed by atoms with Crippen LogP contribution in [0.4, 0.5) is 5.69 Å². The molecule has 0 aliphatic heterocycles. The molecule has 0 bridgehead atoms. The zero-order valence-corrected chi connectivity index (χ0v) is 25.9. The smallest absolute Gasteiger partial charge is 0.255 e. The molecule has 0 heterocycles. The highest BCUT2D eigenvalue weighted by Crippen LogP contribution is 2.31. The van der Waals surface area contributed by atoms with E-state index >= 15 is 0 Å². The summed E-state index contributed by atoms with van der Waals surface area (Å²) in [4.78, 5) is 40.7. The number of carbonyl (C=O) groups is 3. The Hall–Kier alpha value is -3.01. The zero-order chi connectivity index (χ0) is 29.8. The van der Waals surface area contributed by atoms with Crippen molar-refractivity contribution in [2.24, 2.45) is 11.8 Å². The van der Waals surface area contributed by atoms with Crippen LogP contribution in [0.5, 0.6) is 0 Å². The van der Waals surface area contributed by atoms with Gasteiger partial charge in [0.25, 0.3) is 5.91 Å². The molecule has 0 aliphatic carbocycles. The SMILES string of the molecule is C=CC(=O)N[C@@H](CC(C)C)C(=O)N(CC(C)C)C[C@@H](OC)[C@H](OC)c1ccccc1NC(=O)c1cccc(Br)c1. The molecule has 0 saturated carbocycles. The molecule has 2 aromatic rings. The first kappa shape index (κ1) is 33.2. The molecule has 0 fully saturated rings. The predicted octanol–water partition coefficient (Wildman–Crippen LogP) is 5.61. The van der Waals surface area contributed by atoms with E-state index in [1.54, 1.807) is 37.3 Å². The number of anilines is 1. The number of nitrogens with one attached hydrogen (secondary N) is 2. The van der Waals surface area contributed by atoms with Crippen LogP contribution in [-0.2, 0) is 19.1 Å². The summed E-state index contributed by atoms with van der Waals surface area (Å²) in [5, 5.41) is 5.79. The first-order chi connectivity index (χ1) is 19.0. The minimum Gasteiger partial charge on any atom is -0.377 e. The summed E-state index contributed by atoms with van der Waals surface area (Å²) >= 11 is 3.41. The quantitative estimate of drug-likeness (QED) is 0.254. The molecule has 3 atom stereocenters. The minimum atomic E-state index is -0.695. The Kier molecular flexibility index (Phi) is 13.5. The molecule has 0 unspecified atom stereocenters. The van der Waals surface area contributed by atoms with E-state index in [-0.39, 0.29) is 30.2 Å². The Morgan fingerprint density at radius 1 is 0.975 bits per heavy atom. The van der Waals surface area contributed by atoms with Crippen molar-refractivity contribution >= 4 is 39.3 Å². The number of amides is 3. The molecular weight excluding hydrogens is 574 g/mol. The predicted molar refractivity (Wildman–Crippen MR) is 162 cm³/mol. The van der Waals surface area contributed by atoms with E-state index in [4.69, 9.17) is 9.47 Å². The van der Waals surface area contributed by atoms with Crippen molar-refractivity contribution in [3.63, 3.8) is 0 Å². The summed E-state index contributed by atoms with van der Waals surface area (Å²) in [6, 6.07) is 13.8. The van der Waals surface area contributed by atoms with Crippen LogP contribution >= 0.6 is 15.9 Å². The van der Waals surface area contributed by atoms with Gasteiger partial charge in [0, 0.05) is 48.6 Å². The number of hydrogen-bond donors (Lipinski definition) is 2. The average molecular weight is 617 g/mol. The van der Waals surface area contributed by atoms with Crippen LogP contribution in [0.15, 0.2) is 65.7 Å². The summed E-state index contributed by atoms with van der Waals surface area (Å²) < 4.78 is 12.6. The van der Waals surface area contributed by atoms with Crippen LogP contribution in [0.1, 0.15) is 56.1 Å². The van der Waals surface area contributed by atoms with Gasteiger partial charge in [-0.25, -0.2) is 0 Å². The number of para-hydroxylation sites is 1. The van der Waals surface area contributed by atoms with Crippen molar-refractivity contribution in [2.45, 2.75) is 52.4 Å². The van der Waals surface area contributed by atoms with Crippen LogP contribution < -0.4 is 10.6 Å². The van der Waals surface area contributed by atoms with Gasteiger partial charge in [-0.2, -0.15) is 0 Å². The van der Waals surface area contributed by atoms with Crippen molar-refractivity contribution in [2.75, 3.05) is 32.6 Å². The third kappa shape index (κ3) is 9.87. The van der Waals surface area contributed by atoms with Gasteiger partial charge in [-0.1, -0.05) is 74.5 Å². The number of nitrogens with zero attached hydrogens (tertiary/aromatic N) is 1. The van der Waals surface area contributed by atoms with Crippen molar-refractivity contribution in [3.8, 4) is 0 Å². The van der Waals surface area contributed by atoms with Gasteiger partial charge in [0.2, 0.25) is 11.8 Å². The molecule has 0 aromatic heterocycles. The van der Waals surface area contributed by atoms with Crippen LogP contribution in [0, 0.1) is 11.8 Å². The number of ether oxygens (including phenoxy) is 2. The lowest BCUT2D eigenvalue weighted by atomic mass is 9.99. The lowest BCUT2D eigenvalue weighted by Crippen LogP contribution is -2.52. The van der Waals surface area contributed by atoms with E-state index in [1.165, 1.54) is 6.08 Å². The topological polar surface area (TPSA) is 97.0 Å². The second-order valence-corrected chi connectivity index (χ2v) is 11.4. The van der Waals surface area contributed by atoms with Gasteiger partial charge in [0.05, 0.1) is 0 Å². The van der Waals surface area contributed by atoms with Crippen molar-refractivity contribution in [1.29, 1.82) is 0 Å². The van der Waals surface area contributed by atoms with Gasteiger partial charge in [0.15, 0.2) is 0 Å². The normalized spacial score (nSPS) is 13.4. The lowest BCUT2D eigenvalue weighted by Gasteiger charge is -2.35. The Balaban J connectivity index is 2.37. The summed E-state index contributed by atoms with van der Waals surface area (Å²) in [7, 11) is 3.15. The maximum Gasteiger partial charge on any atom is 0.255 e. The van der Waals surface area contributed by atoms with Gasteiger partial charge in [-0.05, 0) is 48.6 Å². The summed E-state index contributed by atoms with van der Waals surface area (Å²) in [5.74, 6) is -0.481. The average Bonchev–Trinajstić information content (AvgIpc) is 2.91. The first-order valence-electron chi connectivity index (χ1n) is 13.4. The third-order valence-electron chi connectivity index (χ3n) is 6.30. The highest BCUT2D eigenvalue weighted by molar-refractivity contribution is 9.10. The molecule has 3 amide bonds.